The highest BCUT2D eigenvalue weighted by Crippen LogP contribution is 2.37. The van der Waals surface area contributed by atoms with E-state index in [0.717, 1.165) is 0 Å². The van der Waals surface area contributed by atoms with E-state index < -0.39 is 8.32 Å². The van der Waals surface area contributed by atoms with Crippen LogP contribution in [0.4, 0.5) is 0 Å². The second kappa shape index (κ2) is 6.98. The summed E-state index contributed by atoms with van der Waals surface area (Å²) in [6.07, 6.45) is 2.94. The molecule has 0 N–H and O–H groups in total. The van der Waals surface area contributed by atoms with Crippen molar-refractivity contribution in [2.45, 2.75) is 31.9 Å². The standard InChI is InChI=1S/C21H24O3Si/c1-21(2,3)25(18-10-6-4-7-11-18,19-12-8-5-9-13-19)23-16-17-14-15-20(22)24-17/h4-15,17H,16H2,1-3H3/t17-/m0/s1. The number of hydrogen-bond donors (Lipinski definition) is 0. The van der Waals surface area contributed by atoms with Crippen molar-refractivity contribution in [1.82, 2.24) is 0 Å². The number of ether oxygens (including phenoxy) is 1. The summed E-state index contributed by atoms with van der Waals surface area (Å²) in [5.41, 5.74) is 0. The molecule has 2 aromatic carbocycles. The van der Waals surface area contributed by atoms with Gasteiger partial charge in [0, 0.05) is 6.08 Å². The summed E-state index contributed by atoms with van der Waals surface area (Å²) < 4.78 is 12.0. The molecular formula is C21H24O3Si. The second-order valence-corrected chi connectivity index (χ2v) is 11.6. The molecular weight excluding hydrogens is 328 g/mol. The van der Waals surface area contributed by atoms with Crippen LogP contribution in [0.3, 0.4) is 0 Å². The molecule has 0 fully saturated rings. The first-order valence-corrected chi connectivity index (χ1v) is 10.5. The van der Waals surface area contributed by atoms with Crippen molar-refractivity contribution in [1.29, 1.82) is 0 Å². The van der Waals surface area contributed by atoms with Crippen LogP contribution in [0.1, 0.15) is 20.8 Å². The Balaban J connectivity index is 2.05. The van der Waals surface area contributed by atoms with Gasteiger partial charge in [-0.05, 0) is 21.5 Å². The molecule has 0 unspecified atom stereocenters. The fraction of sp³-hybridized carbons (Fsp3) is 0.286. The van der Waals surface area contributed by atoms with Crippen LogP contribution < -0.4 is 10.4 Å². The van der Waals surface area contributed by atoms with E-state index in [0.29, 0.717) is 6.61 Å². The molecule has 0 saturated carbocycles. The molecule has 1 atom stereocenters. The SMILES string of the molecule is CC(C)(C)[Si](OC[C@@H]1C=CC(=O)O1)(c1ccccc1)c1ccccc1. The first-order chi connectivity index (χ1) is 11.9. The molecule has 0 spiro atoms. The zero-order valence-electron chi connectivity index (χ0n) is 14.9. The molecule has 0 aromatic heterocycles. The molecule has 1 heterocycles. The fourth-order valence-electron chi connectivity index (χ4n) is 3.47. The summed E-state index contributed by atoms with van der Waals surface area (Å²) in [7, 11) is -2.56. The van der Waals surface area contributed by atoms with Gasteiger partial charge in [0.05, 0.1) is 6.61 Å². The van der Waals surface area contributed by atoms with Gasteiger partial charge in [-0.1, -0.05) is 81.4 Å². The maximum absolute atomic E-state index is 11.4. The third-order valence-electron chi connectivity index (χ3n) is 4.60. The van der Waals surface area contributed by atoms with Gasteiger partial charge in [-0.25, -0.2) is 4.79 Å². The van der Waals surface area contributed by atoms with Crippen LogP contribution in [0.2, 0.25) is 5.04 Å². The summed E-state index contributed by atoms with van der Waals surface area (Å²) in [5.74, 6) is -0.295. The average molecular weight is 353 g/mol. The van der Waals surface area contributed by atoms with Crippen LogP contribution in [-0.4, -0.2) is 27.0 Å². The molecule has 25 heavy (non-hydrogen) atoms. The third-order valence-corrected chi connectivity index (χ3v) is 9.60. The number of carbonyl (C=O) groups is 1. The van der Waals surface area contributed by atoms with Gasteiger partial charge in [-0.2, -0.15) is 0 Å². The topological polar surface area (TPSA) is 35.5 Å². The summed E-state index contributed by atoms with van der Waals surface area (Å²) >= 11 is 0. The van der Waals surface area contributed by atoms with E-state index in [9.17, 15) is 4.79 Å². The van der Waals surface area contributed by atoms with Crippen molar-refractivity contribution < 1.29 is 14.0 Å². The van der Waals surface area contributed by atoms with Gasteiger partial charge < -0.3 is 9.16 Å². The maximum atomic E-state index is 11.4. The number of rotatable bonds is 5. The molecule has 2 aromatic rings. The molecule has 0 radical (unpaired) electrons. The lowest BCUT2D eigenvalue weighted by atomic mass is 10.2. The normalized spacial score (nSPS) is 17.6. The van der Waals surface area contributed by atoms with Crippen LogP contribution in [0, 0.1) is 0 Å². The Morgan fingerprint density at radius 3 is 1.88 bits per heavy atom. The highest BCUT2D eigenvalue weighted by atomic mass is 28.4. The maximum Gasteiger partial charge on any atom is 0.331 e. The lowest BCUT2D eigenvalue weighted by Gasteiger charge is -2.43. The Hall–Kier alpha value is -2.17. The van der Waals surface area contributed by atoms with Gasteiger partial charge in [-0.3, -0.25) is 0 Å². The zero-order chi connectivity index (χ0) is 17.9. The monoisotopic (exact) mass is 352 g/mol. The van der Waals surface area contributed by atoms with E-state index in [1.54, 1.807) is 6.08 Å². The average Bonchev–Trinajstić information content (AvgIpc) is 3.02. The third kappa shape index (κ3) is 3.46. The Kier molecular flexibility index (Phi) is 4.93. The number of carbonyl (C=O) groups excluding carboxylic acids is 1. The molecule has 3 rings (SSSR count). The van der Waals surface area contributed by atoms with Crippen LogP contribution >= 0.6 is 0 Å². The molecule has 1 aliphatic heterocycles. The first-order valence-electron chi connectivity index (χ1n) is 8.57. The Morgan fingerprint density at radius 2 is 1.48 bits per heavy atom. The first kappa shape index (κ1) is 17.6. The number of benzene rings is 2. The van der Waals surface area contributed by atoms with E-state index in [1.165, 1.54) is 16.4 Å². The quantitative estimate of drug-likeness (QED) is 0.613. The second-order valence-electron chi connectivity index (χ2n) is 7.31. The van der Waals surface area contributed by atoms with E-state index in [2.05, 4.69) is 69.3 Å². The summed E-state index contributed by atoms with van der Waals surface area (Å²) in [5, 5.41) is 2.37. The van der Waals surface area contributed by atoms with Crippen molar-refractivity contribution in [3.8, 4) is 0 Å². The van der Waals surface area contributed by atoms with E-state index >= 15 is 0 Å². The van der Waals surface area contributed by atoms with Crippen molar-refractivity contribution in [3.05, 3.63) is 72.8 Å². The van der Waals surface area contributed by atoms with Gasteiger partial charge in [0.2, 0.25) is 0 Å². The number of hydrogen-bond acceptors (Lipinski definition) is 3. The number of cyclic esters (lactones) is 1. The molecule has 0 aliphatic carbocycles. The minimum Gasteiger partial charge on any atom is -0.453 e. The van der Waals surface area contributed by atoms with Crippen LogP contribution in [0.15, 0.2) is 72.8 Å². The zero-order valence-corrected chi connectivity index (χ0v) is 15.9. The summed E-state index contributed by atoms with van der Waals surface area (Å²) in [6.45, 7) is 7.07. The van der Waals surface area contributed by atoms with Crippen LogP contribution in [0.5, 0.6) is 0 Å². The largest absolute Gasteiger partial charge is 0.453 e. The molecule has 0 amide bonds. The molecule has 3 nitrogen and oxygen atoms in total. The highest BCUT2D eigenvalue weighted by Gasteiger charge is 2.50. The molecule has 0 saturated heterocycles. The van der Waals surface area contributed by atoms with Gasteiger partial charge in [-0.15, -0.1) is 0 Å². The minimum atomic E-state index is -2.56. The van der Waals surface area contributed by atoms with Crippen LogP contribution in [0.25, 0.3) is 0 Å². The summed E-state index contributed by atoms with van der Waals surface area (Å²) in [4.78, 5) is 11.4. The minimum absolute atomic E-state index is 0.0813. The lowest BCUT2D eigenvalue weighted by Crippen LogP contribution is -2.67. The summed E-state index contributed by atoms with van der Waals surface area (Å²) in [6, 6.07) is 20.9. The predicted octanol–water partition coefficient (Wildman–Crippen LogP) is 3.04. The Morgan fingerprint density at radius 1 is 0.960 bits per heavy atom. The Bertz CT molecular complexity index is 708. The van der Waals surface area contributed by atoms with Gasteiger partial charge >= 0.3 is 5.97 Å². The predicted molar refractivity (Wildman–Crippen MR) is 103 cm³/mol. The van der Waals surface area contributed by atoms with Crippen molar-refractivity contribution in [2.75, 3.05) is 6.61 Å². The van der Waals surface area contributed by atoms with E-state index in [1.807, 2.05) is 12.1 Å². The smallest absolute Gasteiger partial charge is 0.331 e. The number of esters is 1. The van der Waals surface area contributed by atoms with Gasteiger partial charge in [0.1, 0.15) is 6.10 Å². The van der Waals surface area contributed by atoms with Gasteiger partial charge in [0.15, 0.2) is 0 Å². The molecule has 130 valence electrons. The van der Waals surface area contributed by atoms with Gasteiger partial charge in [0.25, 0.3) is 8.32 Å². The molecule has 1 aliphatic rings. The molecule has 4 heteroatoms. The molecule has 0 bridgehead atoms. The van der Waals surface area contributed by atoms with Crippen molar-refractivity contribution in [2.24, 2.45) is 0 Å². The highest BCUT2D eigenvalue weighted by molar-refractivity contribution is 6.99. The Labute approximate surface area is 150 Å². The fourth-order valence-corrected chi connectivity index (χ4v) is 8.04. The van der Waals surface area contributed by atoms with Crippen molar-refractivity contribution >= 4 is 24.7 Å². The lowest BCUT2D eigenvalue weighted by molar-refractivity contribution is -0.139. The van der Waals surface area contributed by atoms with Crippen LogP contribution in [-0.2, 0) is 14.0 Å². The van der Waals surface area contributed by atoms with E-state index in [-0.39, 0.29) is 17.1 Å². The van der Waals surface area contributed by atoms with E-state index in [4.69, 9.17) is 9.16 Å². The van der Waals surface area contributed by atoms with Crippen molar-refractivity contribution in [3.63, 3.8) is 0 Å².